The molecule has 2 nitrogen and oxygen atoms in total. The molecule has 1 saturated heterocycles. The summed E-state index contributed by atoms with van der Waals surface area (Å²) in [5, 5.41) is 3.33. The zero-order valence-corrected chi connectivity index (χ0v) is 12.2. The number of rotatable bonds is 2. The van der Waals surface area contributed by atoms with Crippen LogP contribution >= 0.6 is 28.3 Å². The fourth-order valence-corrected chi connectivity index (χ4v) is 2.79. The third-order valence-electron chi connectivity index (χ3n) is 3.11. The van der Waals surface area contributed by atoms with Gasteiger partial charge in [-0.3, -0.25) is 4.90 Å². The third-order valence-corrected chi connectivity index (χ3v) is 3.80. The summed E-state index contributed by atoms with van der Waals surface area (Å²) in [5.74, 6) is -0.192. The molecule has 0 aromatic heterocycles. The van der Waals surface area contributed by atoms with Crippen LogP contribution in [0.4, 0.5) is 4.39 Å². The molecule has 1 N–H and O–H groups in total. The Bertz CT molecular complexity index is 370. The molecule has 96 valence electrons. The predicted octanol–water partition coefficient (Wildman–Crippen LogP) is 2.98. The summed E-state index contributed by atoms with van der Waals surface area (Å²) < 4.78 is 13.9. The molecule has 1 aromatic rings. The van der Waals surface area contributed by atoms with Crippen molar-refractivity contribution in [2.45, 2.75) is 13.0 Å². The van der Waals surface area contributed by atoms with Crippen molar-refractivity contribution in [1.82, 2.24) is 10.2 Å². The van der Waals surface area contributed by atoms with Crippen LogP contribution in [-0.2, 0) is 0 Å². The van der Waals surface area contributed by atoms with E-state index < -0.39 is 0 Å². The van der Waals surface area contributed by atoms with E-state index in [4.69, 9.17) is 0 Å². The molecule has 0 spiro atoms. The lowest BCUT2D eigenvalue weighted by atomic mass is 10.1. The second-order valence-corrected chi connectivity index (χ2v) is 4.98. The standard InChI is InChI=1S/C12H16BrFN2.ClH/c1-9(16-6-4-15-5-7-16)11-3-2-10(14)8-12(11)13;/h2-3,8-9,15H,4-7H2,1H3;1H/t9-;/m0./s1. The van der Waals surface area contributed by atoms with Crippen LogP contribution in [0.25, 0.3) is 0 Å². The summed E-state index contributed by atoms with van der Waals surface area (Å²) >= 11 is 3.43. The van der Waals surface area contributed by atoms with Gasteiger partial charge >= 0.3 is 0 Å². The number of benzene rings is 1. The van der Waals surface area contributed by atoms with Gasteiger partial charge in [0.2, 0.25) is 0 Å². The fourth-order valence-electron chi connectivity index (χ4n) is 2.11. The molecule has 17 heavy (non-hydrogen) atoms. The Morgan fingerprint density at radius 3 is 2.59 bits per heavy atom. The van der Waals surface area contributed by atoms with E-state index in [1.165, 1.54) is 12.1 Å². The minimum absolute atomic E-state index is 0. The van der Waals surface area contributed by atoms with Crippen molar-refractivity contribution < 1.29 is 4.39 Å². The molecule has 1 fully saturated rings. The number of hydrogen-bond acceptors (Lipinski definition) is 2. The van der Waals surface area contributed by atoms with Gasteiger partial charge in [-0.1, -0.05) is 22.0 Å². The van der Waals surface area contributed by atoms with Gasteiger partial charge in [-0.15, -0.1) is 12.4 Å². The Labute approximate surface area is 116 Å². The molecule has 1 aliphatic rings. The fraction of sp³-hybridized carbons (Fsp3) is 0.500. The molecule has 1 aromatic carbocycles. The van der Waals surface area contributed by atoms with E-state index in [0.29, 0.717) is 6.04 Å². The van der Waals surface area contributed by atoms with Crippen LogP contribution in [0, 0.1) is 5.82 Å². The minimum atomic E-state index is -0.192. The highest BCUT2D eigenvalue weighted by Crippen LogP contribution is 2.28. The van der Waals surface area contributed by atoms with Crippen molar-refractivity contribution in [3.8, 4) is 0 Å². The average Bonchev–Trinajstić information content (AvgIpc) is 2.29. The van der Waals surface area contributed by atoms with Crippen molar-refractivity contribution in [3.63, 3.8) is 0 Å². The SMILES string of the molecule is C[C@@H](c1ccc(F)cc1Br)N1CCNCC1.Cl. The van der Waals surface area contributed by atoms with E-state index in [0.717, 1.165) is 36.2 Å². The Morgan fingerprint density at radius 2 is 2.00 bits per heavy atom. The summed E-state index contributed by atoms with van der Waals surface area (Å²) in [6.45, 7) is 6.32. The molecule has 1 aliphatic heterocycles. The van der Waals surface area contributed by atoms with Crippen LogP contribution in [0.2, 0.25) is 0 Å². The highest BCUT2D eigenvalue weighted by molar-refractivity contribution is 9.10. The second-order valence-electron chi connectivity index (χ2n) is 4.13. The monoisotopic (exact) mass is 322 g/mol. The van der Waals surface area contributed by atoms with Crippen LogP contribution in [0.15, 0.2) is 22.7 Å². The highest BCUT2D eigenvalue weighted by Gasteiger charge is 2.19. The van der Waals surface area contributed by atoms with Crippen molar-refractivity contribution >= 4 is 28.3 Å². The summed E-state index contributed by atoms with van der Waals surface area (Å²) in [6.07, 6.45) is 0. The predicted molar refractivity (Wildman–Crippen MR) is 74.2 cm³/mol. The normalized spacial score (nSPS) is 18.5. The van der Waals surface area contributed by atoms with Gasteiger partial charge in [0.1, 0.15) is 5.82 Å². The lowest BCUT2D eigenvalue weighted by molar-refractivity contribution is 0.185. The molecule has 0 saturated carbocycles. The largest absolute Gasteiger partial charge is 0.314 e. The lowest BCUT2D eigenvalue weighted by Gasteiger charge is -2.33. The number of nitrogens with zero attached hydrogens (tertiary/aromatic N) is 1. The number of halogens is 3. The van der Waals surface area contributed by atoms with Crippen LogP contribution in [0.1, 0.15) is 18.5 Å². The van der Waals surface area contributed by atoms with Crippen LogP contribution < -0.4 is 5.32 Å². The first-order valence-electron chi connectivity index (χ1n) is 5.58. The van der Waals surface area contributed by atoms with E-state index >= 15 is 0 Å². The average molecular weight is 324 g/mol. The molecule has 0 radical (unpaired) electrons. The molecule has 0 aliphatic carbocycles. The van der Waals surface area contributed by atoms with Gasteiger partial charge in [0.15, 0.2) is 0 Å². The van der Waals surface area contributed by atoms with Gasteiger partial charge in [0, 0.05) is 36.7 Å². The molecular formula is C12H17BrClFN2. The highest BCUT2D eigenvalue weighted by atomic mass is 79.9. The van der Waals surface area contributed by atoms with E-state index in [1.54, 1.807) is 0 Å². The molecule has 2 rings (SSSR count). The van der Waals surface area contributed by atoms with Gasteiger partial charge in [0.25, 0.3) is 0 Å². The summed E-state index contributed by atoms with van der Waals surface area (Å²) in [5.41, 5.74) is 1.16. The first-order valence-corrected chi connectivity index (χ1v) is 6.37. The van der Waals surface area contributed by atoms with E-state index in [9.17, 15) is 4.39 Å². The van der Waals surface area contributed by atoms with E-state index in [-0.39, 0.29) is 18.2 Å². The van der Waals surface area contributed by atoms with Crippen LogP contribution in [0.3, 0.4) is 0 Å². The Hall–Kier alpha value is -0.160. The molecule has 0 bridgehead atoms. The van der Waals surface area contributed by atoms with Gasteiger partial charge < -0.3 is 5.32 Å². The Morgan fingerprint density at radius 1 is 1.35 bits per heavy atom. The maximum atomic E-state index is 13.0. The number of hydrogen-bond donors (Lipinski definition) is 1. The second kappa shape index (κ2) is 6.69. The quantitative estimate of drug-likeness (QED) is 0.900. The zero-order chi connectivity index (χ0) is 11.5. The van der Waals surface area contributed by atoms with Crippen LogP contribution in [0.5, 0.6) is 0 Å². The van der Waals surface area contributed by atoms with Crippen molar-refractivity contribution in [3.05, 3.63) is 34.1 Å². The Balaban J connectivity index is 0.00000144. The molecule has 1 heterocycles. The summed E-state index contributed by atoms with van der Waals surface area (Å²) in [6, 6.07) is 5.26. The van der Waals surface area contributed by atoms with Gasteiger partial charge in [-0.2, -0.15) is 0 Å². The van der Waals surface area contributed by atoms with E-state index in [1.807, 2.05) is 6.07 Å². The number of nitrogens with one attached hydrogen (secondary N) is 1. The first kappa shape index (κ1) is 14.9. The lowest BCUT2D eigenvalue weighted by Crippen LogP contribution is -2.44. The zero-order valence-electron chi connectivity index (χ0n) is 9.75. The molecule has 1 atom stereocenters. The Kier molecular flexibility index (Phi) is 5.86. The minimum Gasteiger partial charge on any atom is -0.314 e. The maximum Gasteiger partial charge on any atom is 0.124 e. The smallest absolute Gasteiger partial charge is 0.124 e. The topological polar surface area (TPSA) is 15.3 Å². The van der Waals surface area contributed by atoms with Gasteiger partial charge in [-0.25, -0.2) is 4.39 Å². The molecule has 0 amide bonds. The van der Waals surface area contributed by atoms with Crippen molar-refractivity contribution in [2.75, 3.05) is 26.2 Å². The third kappa shape index (κ3) is 3.65. The summed E-state index contributed by atoms with van der Waals surface area (Å²) in [4.78, 5) is 2.41. The van der Waals surface area contributed by atoms with Crippen molar-refractivity contribution in [2.24, 2.45) is 0 Å². The summed E-state index contributed by atoms with van der Waals surface area (Å²) in [7, 11) is 0. The molecule has 0 unspecified atom stereocenters. The molecule has 5 heteroatoms. The van der Waals surface area contributed by atoms with Crippen molar-refractivity contribution in [1.29, 1.82) is 0 Å². The van der Waals surface area contributed by atoms with Gasteiger partial charge in [0.05, 0.1) is 0 Å². The van der Waals surface area contributed by atoms with E-state index in [2.05, 4.69) is 33.1 Å². The maximum absolute atomic E-state index is 13.0. The van der Waals surface area contributed by atoms with Gasteiger partial charge in [-0.05, 0) is 24.6 Å². The van der Waals surface area contributed by atoms with Crippen LogP contribution in [-0.4, -0.2) is 31.1 Å². The first-order chi connectivity index (χ1) is 7.68. The molecular weight excluding hydrogens is 307 g/mol. The number of piperazine rings is 1.